The van der Waals surface area contributed by atoms with E-state index >= 15 is 0 Å². The lowest BCUT2D eigenvalue weighted by molar-refractivity contribution is -0.117. The van der Waals surface area contributed by atoms with E-state index in [4.69, 9.17) is 5.11 Å². The summed E-state index contributed by atoms with van der Waals surface area (Å²) >= 11 is 0. The molecule has 146 valence electrons. The van der Waals surface area contributed by atoms with Gasteiger partial charge in [0.1, 0.15) is 0 Å². The number of carbonyl (C=O) groups is 3. The standard InChI is InChI=1S/C21H18N4O4/c26-19(15-10-23-17-8-4-2-6-13(15)17)20(27)25-18(11-24-21(28)29)14-9-22-16-7-3-1-5-12(14)16/h1-10,18,22-24H,11H2,(H,25,27)(H,28,29). The molecule has 0 saturated heterocycles. The number of carbonyl (C=O) groups excluding carboxylic acids is 2. The number of rotatable bonds is 6. The molecule has 0 aliphatic rings. The van der Waals surface area contributed by atoms with Crippen molar-refractivity contribution in [2.75, 3.05) is 6.54 Å². The molecular formula is C21H18N4O4. The van der Waals surface area contributed by atoms with Crippen LogP contribution in [0.2, 0.25) is 0 Å². The third kappa shape index (κ3) is 3.55. The van der Waals surface area contributed by atoms with Crippen LogP contribution in [0, 0.1) is 0 Å². The van der Waals surface area contributed by atoms with Gasteiger partial charge in [-0.1, -0.05) is 36.4 Å². The van der Waals surface area contributed by atoms with Crippen molar-refractivity contribution >= 4 is 39.6 Å². The molecule has 4 rings (SSSR count). The Hall–Kier alpha value is -4.07. The summed E-state index contributed by atoms with van der Waals surface area (Å²) in [5.41, 5.74) is 2.56. The molecule has 1 atom stereocenters. The van der Waals surface area contributed by atoms with Gasteiger partial charge in [-0.25, -0.2) is 4.79 Å². The highest BCUT2D eigenvalue weighted by molar-refractivity contribution is 6.45. The topological polar surface area (TPSA) is 127 Å². The fraction of sp³-hybridized carbons (Fsp3) is 0.0952. The molecule has 0 aliphatic carbocycles. The highest BCUT2D eigenvalue weighted by Gasteiger charge is 2.25. The average Bonchev–Trinajstić information content (AvgIpc) is 3.34. The van der Waals surface area contributed by atoms with Gasteiger partial charge >= 0.3 is 6.09 Å². The van der Waals surface area contributed by atoms with E-state index < -0.39 is 23.8 Å². The Bertz CT molecular complexity index is 1220. The maximum atomic E-state index is 12.7. The predicted octanol–water partition coefficient (Wildman–Crippen LogP) is 2.96. The number of benzene rings is 2. The summed E-state index contributed by atoms with van der Waals surface area (Å²) in [4.78, 5) is 42.5. The van der Waals surface area contributed by atoms with Gasteiger partial charge in [0.15, 0.2) is 0 Å². The Morgan fingerprint density at radius 3 is 2.24 bits per heavy atom. The van der Waals surface area contributed by atoms with Crippen LogP contribution in [-0.4, -0.2) is 39.4 Å². The van der Waals surface area contributed by atoms with Crippen molar-refractivity contribution in [2.24, 2.45) is 0 Å². The van der Waals surface area contributed by atoms with Gasteiger partial charge in [0.05, 0.1) is 11.6 Å². The minimum absolute atomic E-state index is 0.0793. The molecule has 2 heterocycles. The van der Waals surface area contributed by atoms with Crippen molar-refractivity contribution in [3.8, 4) is 0 Å². The molecule has 4 aromatic rings. The fourth-order valence-electron chi connectivity index (χ4n) is 3.42. The number of aromatic amines is 2. The Morgan fingerprint density at radius 2 is 1.52 bits per heavy atom. The summed E-state index contributed by atoms with van der Waals surface area (Å²) in [7, 11) is 0. The van der Waals surface area contributed by atoms with Crippen molar-refractivity contribution in [1.29, 1.82) is 0 Å². The van der Waals surface area contributed by atoms with E-state index in [0.29, 0.717) is 10.9 Å². The Kier molecular flexibility index (Phi) is 4.74. The number of hydrogen-bond acceptors (Lipinski definition) is 3. The first-order chi connectivity index (χ1) is 14.0. The second kappa shape index (κ2) is 7.51. The van der Waals surface area contributed by atoms with Crippen molar-refractivity contribution < 1.29 is 19.5 Å². The number of para-hydroxylation sites is 2. The maximum Gasteiger partial charge on any atom is 0.404 e. The molecule has 2 amide bonds. The van der Waals surface area contributed by atoms with Crippen LogP contribution < -0.4 is 10.6 Å². The first-order valence-corrected chi connectivity index (χ1v) is 8.98. The molecule has 1 unspecified atom stereocenters. The van der Waals surface area contributed by atoms with Crippen LogP contribution in [0.5, 0.6) is 0 Å². The quantitative estimate of drug-likeness (QED) is 0.256. The molecule has 2 aromatic carbocycles. The second-order valence-electron chi connectivity index (χ2n) is 6.58. The van der Waals surface area contributed by atoms with E-state index in [1.807, 2.05) is 36.4 Å². The minimum atomic E-state index is -1.22. The van der Waals surface area contributed by atoms with Gasteiger partial charge in [0.25, 0.3) is 11.7 Å². The molecular weight excluding hydrogens is 372 g/mol. The van der Waals surface area contributed by atoms with E-state index in [1.165, 1.54) is 6.20 Å². The van der Waals surface area contributed by atoms with Gasteiger partial charge in [-0.15, -0.1) is 0 Å². The second-order valence-corrected chi connectivity index (χ2v) is 6.58. The van der Waals surface area contributed by atoms with Gasteiger partial charge in [0, 0.05) is 46.3 Å². The molecule has 8 nitrogen and oxygen atoms in total. The zero-order valence-corrected chi connectivity index (χ0v) is 15.2. The lowest BCUT2D eigenvalue weighted by Crippen LogP contribution is -2.40. The van der Waals surface area contributed by atoms with Crippen LogP contribution in [0.3, 0.4) is 0 Å². The largest absolute Gasteiger partial charge is 0.465 e. The van der Waals surface area contributed by atoms with Crippen LogP contribution in [0.4, 0.5) is 4.79 Å². The summed E-state index contributed by atoms with van der Waals surface area (Å²) in [6, 6.07) is 13.9. The predicted molar refractivity (Wildman–Crippen MR) is 108 cm³/mol. The van der Waals surface area contributed by atoms with Crippen LogP contribution in [0.1, 0.15) is 22.0 Å². The maximum absolute atomic E-state index is 12.7. The van der Waals surface area contributed by atoms with Gasteiger partial charge in [-0.2, -0.15) is 0 Å². The van der Waals surface area contributed by atoms with Gasteiger partial charge < -0.3 is 25.7 Å². The SMILES string of the molecule is O=C(O)NCC(NC(=O)C(=O)c1c[nH]c2ccccc12)c1c[nH]c2ccccc12. The highest BCUT2D eigenvalue weighted by atomic mass is 16.4. The number of nitrogens with one attached hydrogen (secondary N) is 4. The normalized spacial score (nSPS) is 12.0. The Labute approximate surface area is 164 Å². The van der Waals surface area contributed by atoms with Crippen molar-refractivity contribution in [1.82, 2.24) is 20.6 Å². The zero-order valence-electron chi connectivity index (χ0n) is 15.2. The van der Waals surface area contributed by atoms with Crippen LogP contribution in [-0.2, 0) is 4.79 Å². The molecule has 5 N–H and O–H groups in total. The third-order valence-electron chi connectivity index (χ3n) is 4.80. The molecule has 0 aliphatic heterocycles. The summed E-state index contributed by atoms with van der Waals surface area (Å²) in [5, 5.41) is 15.4. The van der Waals surface area contributed by atoms with E-state index in [-0.39, 0.29) is 12.1 Å². The summed E-state index contributed by atoms with van der Waals surface area (Å²) in [6.45, 7) is -0.0793. The van der Waals surface area contributed by atoms with E-state index in [9.17, 15) is 14.4 Å². The molecule has 8 heteroatoms. The molecule has 0 radical (unpaired) electrons. The third-order valence-corrected chi connectivity index (χ3v) is 4.80. The number of ketones is 1. The summed E-state index contributed by atoms with van der Waals surface area (Å²) in [5.74, 6) is -1.50. The van der Waals surface area contributed by atoms with Crippen molar-refractivity contribution in [2.45, 2.75) is 6.04 Å². The van der Waals surface area contributed by atoms with Crippen molar-refractivity contribution in [3.05, 3.63) is 72.1 Å². The number of fused-ring (bicyclic) bond motifs is 2. The number of aromatic nitrogens is 2. The van der Waals surface area contributed by atoms with Crippen LogP contribution >= 0.6 is 0 Å². The van der Waals surface area contributed by atoms with Crippen LogP contribution in [0.25, 0.3) is 21.8 Å². The Morgan fingerprint density at radius 1 is 0.897 bits per heavy atom. The van der Waals surface area contributed by atoms with Gasteiger partial charge in [0.2, 0.25) is 0 Å². The van der Waals surface area contributed by atoms with Crippen molar-refractivity contribution in [3.63, 3.8) is 0 Å². The van der Waals surface area contributed by atoms with Crippen LogP contribution in [0.15, 0.2) is 60.9 Å². The zero-order chi connectivity index (χ0) is 20.4. The summed E-state index contributed by atoms with van der Waals surface area (Å²) < 4.78 is 0. The van der Waals surface area contributed by atoms with E-state index in [2.05, 4.69) is 20.6 Å². The smallest absolute Gasteiger partial charge is 0.404 e. The Balaban J connectivity index is 1.62. The molecule has 2 aromatic heterocycles. The molecule has 0 fully saturated rings. The lowest BCUT2D eigenvalue weighted by atomic mass is 10.0. The van der Waals surface area contributed by atoms with E-state index in [1.54, 1.807) is 18.3 Å². The number of amides is 2. The molecule has 29 heavy (non-hydrogen) atoms. The summed E-state index contributed by atoms with van der Waals surface area (Å²) in [6.07, 6.45) is 1.99. The number of carboxylic acid groups (broad SMARTS) is 1. The first-order valence-electron chi connectivity index (χ1n) is 8.98. The minimum Gasteiger partial charge on any atom is -0.465 e. The van der Waals surface area contributed by atoms with Gasteiger partial charge in [-0.3, -0.25) is 9.59 Å². The average molecular weight is 390 g/mol. The monoisotopic (exact) mass is 390 g/mol. The van der Waals surface area contributed by atoms with E-state index in [0.717, 1.165) is 16.4 Å². The number of Topliss-reactive ketones (excluding diaryl/α,β-unsaturated/α-hetero) is 1. The lowest BCUT2D eigenvalue weighted by Gasteiger charge is -2.18. The first kappa shape index (κ1) is 18.3. The van der Waals surface area contributed by atoms with Gasteiger partial charge in [-0.05, 0) is 12.1 Å². The molecule has 0 bridgehead atoms. The molecule has 0 spiro atoms. The highest BCUT2D eigenvalue weighted by Crippen LogP contribution is 2.24. The molecule has 0 saturated carbocycles. The number of H-pyrrole nitrogens is 2. The fourth-order valence-corrected chi connectivity index (χ4v) is 3.42. The number of hydrogen-bond donors (Lipinski definition) is 5.